The van der Waals surface area contributed by atoms with E-state index in [4.69, 9.17) is 0 Å². The van der Waals surface area contributed by atoms with Crippen molar-refractivity contribution in [2.45, 2.75) is 19.0 Å². The quantitative estimate of drug-likeness (QED) is 0.738. The Morgan fingerprint density at radius 2 is 2.08 bits per heavy atom. The van der Waals surface area contributed by atoms with E-state index in [0.29, 0.717) is 11.5 Å². The predicted molar refractivity (Wildman–Crippen MR) is 88.9 cm³/mol. The molecule has 1 aliphatic rings. The van der Waals surface area contributed by atoms with E-state index in [9.17, 15) is 14.7 Å². The van der Waals surface area contributed by atoms with Crippen molar-refractivity contribution in [2.24, 2.45) is 0 Å². The Labute approximate surface area is 146 Å². The maximum atomic E-state index is 12.8. The standard InChI is InChI=1S/C16H13N5O3S/c22-15(9-5-17-14(18-6-9)13-2-1-3-25-13)21-7-11-10(19-8-20-11)4-12(21)16(23)24/h1-3,5-6,8,12H,4,7H2,(H,19,20)(H,23,24)/t12-/m0/s1. The minimum absolute atomic E-state index is 0.164. The average molecular weight is 355 g/mol. The number of hydrogen-bond acceptors (Lipinski definition) is 6. The van der Waals surface area contributed by atoms with E-state index in [-0.39, 0.29) is 18.5 Å². The van der Waals surface area contributed by atoms with Crippen molar-refractivity contribution < 1.29 is 14.7 Å². The zero-order valence-electron chi connectivity index (χ0n) is 12.9. The molecule has 1 amide bonds. The summed E-state index contributed by atoms with van der Waals surface area (Å²) in [6, 6.07) is 2.84. The number of carboxylic acid groups (broad SMARTS) is 1. The predicted octanol–water partition coefficient (Wildman–Crippen LogP) is 1.58. The molecule has 0 aliphatic carbocycles. The number of carbonyl (C=O) groups is 2. The fourth-order valence-corrected chi connectivity index (χ4v) is 3.48. The second kappa shape index (κ2) is 6.10. The molecule has 3 aromatic heterocycles. The van der Waals surface area contributed by atoms with Gasteiger partial charge in [-0.1, -0.05) is 6.07 Å². The van der Waals surface area contributed by atoms with E-state index in [0.717, 1.165) is 10.6 Å². The summed E-state index contributed by atoms with van der Waals surface area (Å²) in [6.45, 7) is 0.164. The van der Waals surface area contributed by atoms with Crippen molar-refractivity contribution in [1.29, 1.82) is 0 Å². The Balaban J connectivity index is 1.62. The molecule has 0 unspecified atom stereocenters. The van der Waals surface area contributed by atoms with Crippen LogP contribution in [-0.4, -0.2) is 47.9 Å². The maximum absolute atomic E-state index is 12.8. The summed E-state index contributed by atoms with van der Waals surface area (Å²) in [5, 5.41) is 11.4. The van der Waals surface area contributed by atoms with E-state index >= 15 is 0 Å². The number of H-pyrrole nitrogens is 1. The van der Waals surface area contributed by atoms with Gasteiger partial charge in [0.05, 0.1) is 34.7 Å². The summed E-state index contributed by atoms with van der Waals surface area (Å²) >= 11 is 1.51. The van der Waals surface area contributed by atoms with Crippen LogP contribution < -0.4 is 0 Å². The van der Waals surface area contributed by atoms with Crippen LogP contribution in [0.3, 0.4) is 0 Å². The smallest absolute Gasteiger partial charge is 0.326 e. The number of carbonyl (C=O) groups excluding carboxylic acids is 1. The van der Waals surface area contributed by atoms with E-state index in [1.807, 2.05) is 17.5 Å². The molecule has 25 heavy (non-hydrogen) atoms. The number of nitrogens with zero attached hydrogens (tertiary/aromatic N) is 4. The van der Waals surface area contributed by atoms with Crippen molar-refractivity contribution in [3.8, 4) is 10.7 Å². The molecule has 8 nitrogen and oxygen atoms in total. The monoisotopic (exact) mass is 355 g/mol. The lowest BCUT2D eigenvalue weighted by atomic mass is 10.0. The number of rotatable bonds is 3. The lowest BCUT2D eigenvalue weighted by molar-refractivity contribution is -0.142. The van der Waals surface area contributed by atoms with Gasteiger partial charge in [-0.15, -0.1) is 11.3 Å². The van der Waals surface area contributed by atoms with Crippen LogP contribution in [0.2, 0.25) is 0 Å². The summed E-state index contributed by atoms with van der Waals surface area (Å²) in [5.74, 6) is -0.931. The molecule has 0 fully saturated rings. The minimum atomic E-state index is -1.06. The molecule has 0 bridgehead atoms. The van der Waals surface area contributed by atoms with E-state index in [2.05, 4.69) is 19.9 Å². The molecule has 0 radical (unpaired) electrons. The largest absolute Gasteiger partial charge is 0.480 e. The first kappa shape index (κ1) is 15.5. The van der Waals surface area contributed by atoms with Gasteiger partial charge in [-0.25, -0.2) is 19.7 Å². The van der Waals surface area contributed by atoms with Crippen LogP contribution in [0.5, 0.6) is 0 Å². The number of aliphatic carboxylic acids is 1. The van der Waals surface area contributed by atoms with Gasteiger partial charge in [-0.2, -0.15) is 0 Å². The van der Waals surface area contributed by atoms with Crippen molar-refractivity contribution >= 4 is 23.2 Å². The number of aromatic nitrogens is 4. The van der Waals surface area contributed by atoms with Gasteiger partial charge in [0.25, 0.3) is 5.91 Å². The first-order chi connectivity index (χ1) is 12.1. The normalized spacial score (nSPS) is 16.5. The summed E-state index contributed by atoms with van der Waals surface area (Å²) in [6.07, 6.45) is 4.56. The lowest BCUT2D eigenvalue weighted by Gasteiger charge is -2.32. The van der Waals surface area contributed by atoms with Crippen molar-refractivity contribution in [3.05, 3.63) is 53.2 Å². The van der Waals surface area contributed by atoms with Gasteiger partial charge >= 0.3 is 5.97 Å². The maximum Gasteiger partial charge on any atom is 0.326 e. The van der Waals surface area contributed by atoms with Crippen LogP contribution in [0.1, 0.15) is 21.7 Å². The van der Waals surface area contributed by atoms with Gasteiger partial charge in [0.15, 0.2) is 5.82 Å². The number of aromatic amines is 1. The molecule has 2 N–H and O–H groups in total. The fraction of sp³-hybridized carbons (Fsp3) is 0.188. The molecule has 4 heterocycles. The third kappa shape index (κ3) is 2.78. The first-order valence-electron chi connectivity index (χ1n) is 7.54. The van der Waals surface area contributed by atoms with E-state index < -0.39 is 17.9 Å². The molecule has 4 rings (SSSR count). The van der Waals surface area contributed by atoms with Crippen LogP contribution in [0.15, 0.2) is 36.2 Å². The fourth-order valence-electron chi connectivity index (χ4n) is 2.81. The Hall–Kier alpha value is -3.07. The molecule has 1 atom stereocenters. The number of carboxylic acids is 1. The molecule has 3 aromatic rings. The van der Waals surface area contributed by atoms with Crippen LogP contribution in [0, 0.1) is 0 Å². The van der Waals surface area contributed by atoms with Gasteiger partial charge < -0.3 is 15.0 Å². The minimum Gasteiger partial charge on any atom is -0.480 e. The Morgan fingerprint density at radius 3 is 2.76 bits per heavy atom. The summed E-state index contributed by atoms with van der Waals surface area (Å²) in [7, 11) is 0. The Morgan fingerprint density at radius 1 is 1.28 bits per heavy atom. The van der Waals surface area contributed by atoms with Crippen LogP contribution in [-0.2, 0) is 17.8 Å². The lowest BCUT2D eigenvalue weighted by Crippen LogP contribution is -2.48. The SMILES string of the molecule is O=C(O)[C@@H]1Cc2nc[nH]c2CN1C(=O)c1cnc(-c2cccs2)nc1. The summed E-state index contributed by atoms with van der Waals surface area (Å²) in [4.78, 5) is 42.1. The van der Waals surface area contributed by atoms with Crippen molar-refractivity contribution in [2.75, 3.05) is 0 Å². The topological polar surface area (TPSA) is 112 Å². The summed E-state index contributed by atoms with van der Waals surface area (Å²) < 4.78 is 0. The second-order valence-electron chi connectivity index (χ2n) is 5.59. The number of amides is 1. The molecular formula is C16H13N5O3S. The van der Waals surface area contributed by atoms with Gasteiger partial charge in [-0.3, -0.25) is 4.79 Å². The highest BCUT2D eigenvalue weighted by molar-refractivity contribution is 7.13. The molecule has 0 saturated carbocycles. The Bertz CT molecular complexity index is 920. The van der Waals surface area contributed by atoms with Gasteiger partial charge in [-0.05, 0) is 11.4 Å². The number of fused-ring (bicyclic) bond motifs is 1. The zero-order valence-corrected chi connectivity index (χ0v) is 13.7. The third-order valence-electron chi connectivity index (χ3n) is 4.09. The molecule has 9 heteroatoms. The van der Waals surface area contributed by atoms with E-state index in [1.54, 1.807) is 0 Å². The van der Waals surface area contributed by atoms with Crippen molar-refractivity contribution in [3.63, 3.8) is 0 Å². The molecule has 0 spiro atoms. The average Bonchev–Trinajstić information content (AvgIpc) is 3.31. The van der Waals surface area contributed by atoms with Gasteiger partial charge in [0, 0.05) is 18.8 Å². The molecule has 0 saturated heterocycles. The Kier molecular flexibility index (Phi) is 3.77. The zero-order chi connectivity index (χ0) is 17.4. The van der Waals surface area contributed by atoms with Crippen LogP contribution in [0.4, 0.5) is 0 Å². The molecule has 1 aliphatic heterocycles. The third-order valence-corrected chi connectivity index (χ3v) is 4.95. The second-order valence-corrected chi connectivity index (χ2v) is 6.54. The highest BCUT2D eigenvalue weighted by Crippen LogP contribution is 2.24. The molecule has 0 aromatic carbocycles. The molecule has 126 valence electrons. The number of imidazole rings is 1. The first-order valence-corrected chi connectivity index (χ1v) is 8.42. The van der Waals surface area contributed by atoms with Gasteiger partial charge in [0.1, 0.15) is 6.04 Å². The van der Waals surface area contributed by atoms with Crippen LogP contribution >= 0.6 is 11.3 Å². The summed E-state index contributed by atoms with van der Waals surface area (Å²) in [5.41, 5.74) is 1.69. The van der Waals surface area contributed by atoms with Crippen LogP contribution in [0.25, 0.3) is 10.7 Å². The number of nitrogens with one attached hydrogen (secondary N) is 1. The van der Waals surface area contributed by atoms with Crippen molar-refractivity contribution in [1.82, 2.24) is 24.8 Å². The highest BCUT2D eigenvalue weighted by Gasteiger charge is 2.36. The highest BCUT2D eigenvalue weighted by atomic mass is 32.1. The van der Waals surface area contributed by atoms with E-state index in [1.165, 1.54) is 35.0 Å². The number of thiophene rings is 1. The number of hydrogen-bond donors (Lipinski definition) is 2. The van der Waals surface area contributed by atoms with Gasteiger partial charge in [0.2, 0.25) is 0 Å². The molecular weight excluding hydrogens is 342 g/mol.